The summed E-state index contributed by atoms with van der Waals surface area (Å²) in [5.74, 6) is 0.959. The molecule has 2 aromatic rings. The van der Waals surface area contributed by atoms with Gasteiger partial charge in [0.05, 0.1) is 6.61 Å². The minimum Gasteiger partial charge on any atom is -0.494 e. The van der Waals surface area contributed by atoms with Gasteiger partial charge in [0.15, 0.2) is 0 Å². The van der Waals surface area contributed by atoms with Crippen molar-refractivity contribution in [1.82, 2.24) is 0 Å². The van der Waals surface area contributed by atoms with Gasteiger partial charge in [0, 0.05) is 12.2 Å². The lowest BCUT2D eigenvalue weighted by Gasteiger charge is -2.09. The summed E-state index contributed by atoms with van der Waals surface area (Å²) in [5.41, 5.74) is 3.80. The third kappa shape index (κ3) is 5.14. The fraction of sp³-hybridized carbons (Fsp3) is 0.368. The van der Waals surface area contributed by atoms with Crippen molar-refractivity contribution in [3.05, 3.63) is 59.7 Å². The summed E-state index contributed by atoms with van der Waals surface area (Å²) < 4.78 is 5.67. The molecule has 0 atom stereocenters. The second-order valence-electron chi connectivity index (χ2n) is 5.25. The van der Waals surface area contributed by atoms with Crippen LogP contribution in [-0.2, 0) is 13.0 Å². The largest absolute Gasteiger partial charge is 0.494 e. The summed E-state index contributed by atoms with van der Waals surface area (Å²) in [4.78, 5) is 0. The van der Waals surface area contributed by atoms with Gasteiger partial charge >= 0.3 is 0 Å². The van der Waals surface area contributed by atoms with Crippen LogP contribution in [0.4, 0.5) is 5.69 Å². The highest BCUT2D eigenvalue weighted by Gasteiger charge is 1.97. The van der Waals surface area contributed by atoms with E-state index in [0.717, 1.165) is 31.7 Å². The molecule has 2 nitrogen and oxygen atoms in total. The minimum atomic E-state index is 0.803. The van der Waals surface area contributed by atoms with E-state index in [4.69, 9.17) is 4.74 Å². The van der Waals surface area contributed by atoms with Gasteiger partial charge in [0.2, 0.25) is 0 Å². The number of nitrogens with one attached hydrogen (secondary N) is 1. The molecule has 2 rings (SSSR count). The molecule has 0 aromatic heterocycles. The summed E-state index contributed by atoms with van der Waals surface area (Å²) in [6.45, 7) is 5.99. The van der Waals surface area contributed by atoms with Crippen LogP contribution in [0.25, 0.3) is 0 Å². The smallest absolute Gasteiger partial charge is 0.119 e. The second kappa shape index (κ2) is 8.35. The number of hydrogen-bond donors (Lipinski definition) is 1. The SMILES string of the molecule is CCCCOc1ccc(CNc2cccc(CC)c2)cc1. The van der Waals surface area contributed by atoms with E-state index >= 15 is 0 Å². The fourth-order valence-electron chi connectivity index (χ4n) is 2.14. The van der Waals surface area contributed by atoms with Crippen LogP contribution in [-0.4, -0.2) is 6.61 Å². The lowest BCUT2D eigenvalue weighted by Crippen LogP contribution is -2.00. The zero-order valence-corrected chi connectivity index (χ0v) is 13.1. The van der Waals surface area contributed by atoms with Crippen molar-refractivity contribution < 1.29 is 4.74 Å². The van der Waals surface area contributed by atoms with Gasteiger partial charge in [-0.05, 0) is 48.2 Å². The Bertz CT molecular complexity index is 534. The molecule has 0 saturated carbocycles. The van der Waals surface area contributed by atoms with E-state index in [0.29, 0.717) is 0 Å². The van der Waals surface area contributed by atoms with E-state index in [9.17, 15) is 0 Å². The molecule has 2 aromatic carbocycles. The molecule has 0 bridgehead atoms. The highest BCUT2D eigenvalue weighted by Crippen LogP contribution is 2.15. The monoisotopic (exact) mass is 283 g/mol. The molecule has 21 heavy (non-hydrogen) atoms. The first-order valence-electron chi connectivity index (χ1n) is 7.86. The van der Waals surface area contributed by atoms with Crippen LogP contribution in [0.1, 0.15) is 37.8 Å². The third-order valence-corrected chi connectivity index (χ3v) is 3.52. The molecule has 0 spiro atoms. The molecule has 0 fully saturated rings. The normalized spacial score (nSPS) is 10.4. The Morgan fingerprint density at radius 3 is 2.48 bits per heavy atom. The molecule has 0 aliphatic carbocycles. The number of aryl methyl sites for hydroxylation is 1. The Hall–Kier alpha value is -1.96. The van der Waals surface area contributed by atoms with Crippen LogP contribution >= 0.6 is 0 Å². The molecule has 1 N–H and O–H groups in total. The molecule has 0 heterocycles. The Labute approximate surface area is 128 Å². The maximum absolute atomic E-state index is 5.67. The van der Waals surface area contributed by atoms with E-state index in [1.165, 1.54) is 23.2 Å². The van der Waals surface area contributed by atoms with Gasteiger partial charge in [-0.25, -0.2) is 0 Å². The number of unbranched alkanes of at least 4 members (excludes halogenated alkanes) is 1. The van der Waals surface area contributed by atoms with Crippen LogP contribution in [0.3, 0.4) is 0 Å². The van der Waals surface area contributed by atoms with Crippen molar-refractivity contribution in [2.75, 3.05) is 11.9 Å². The zero-order valence-electron chi connectivity index (χ0n) is 13.1. The van der Waals surface area contributed by atoms with Gasteiger partial charge in [-0.3, -0.25) is 0 Å². The Morgan fingerprint density at radius 1 is 0.952 bits per heavy atom. The molecule has 0 radical (unpaired) electrons. The van der Waals surface area contributed by atoms with Crippen molar-refractivity contribution in [3.63, 3.8) is 0 Å². The van der Waals surface area contributed by atoms with Gasteiger partial charge in [-0.1, -0.05) is 44.5 Å². The third-order valence-electron chi connectivity index (χ3n) is 3.52. The zero-order chi connectivity index (χ0) is 14.9. The lowest BCUT2D eigenvalue weighted by molar-refractivity contribution is 0.309. The van der Waals surface area contributed by atoms with E-state index < -0.39 is 0 Å². The van der Waals surface area contributed by atoms with Crippen molar-refractivity contribution in [3.8, 4) is 5.75 Å². The first-order chi connectivity index (χ1) is 10.3. The molecule has 0 amide bonds. The van der Waals surface area contributed by atoms with Gasteiger partial charge in [0.25, 0.3) is 0 Å². The molecule has 0 unspecified atom stereocenters. The minimum absolute atomic E-state index is 0.803. The van der Waals surface area contributed by atoms with Crippen molar-refractivity contribution in [2.45, 2.75) is 39.7 Å². The number of ether oxygens (including phenoxy) is 1. The molecule has 0 aliphatic heterocycles. The van der Waals surface area contributed by atoms with Crippen LogP contribution in [0.2, 0.25) is 0 Å². The van der Waals surface area contributed by atoms with Gasteiger partial charge in [0.1, 0.15) is 5.75 Å². The highest BCUT2D eigenvalue weighted by molar-refractivity contribution is 5.46. The van der Waals surface area contributed by atoms with Crippen LogP contribution in [0.5, 0.6) is 5.75 Å². The summed E-state index contributed by atoms with van der Waals surface area (Å²) in [7, 11) is 0. The van der Waals surface area contributed by atoms with E-state index in [1.54, 1.807) is 0 Å². The van der Waals surface area contributed by atoms with Crippen molar-refractivity contribution >= 4 is 5.69 Å². The predicted molar refractivity (Wildman–Crippen MR) is 90.0 cm³/mol. The quantitative estimate of drug-likeness (QED) is 0.685. The highest BCUT2D eigenvalue weighted by atomic mass is 16.5. The molecular formula is C19H25NO. The molecule has 2 heteroatoms. The van der Waals surface area contributed by atoms with Gasteiger partial charge in [-0.15, -0.1) is 0 Å². The number of benzene rings is 2. The molecule has 0 aliphatic rings. The number of hydrogen-bond acceptors (Lipinski definition) is 2. The van der Waals surface area contributed by atoms with E-state index in [1.807, 2.05) is 0 Å². The standard InChI is InChI=1S/C19H25NO/c1-3-5-13-21-19-11-9-17(10-12-19)15-20-18-8-6-7-16(4-2)14-18/h6-12,14,20H,3-5,13,15H2,1-2H3. The Balaban J connectivity index is 1.85. The van der Waals surface area contributed by atoms with Crippen molar-refractivity contribution in [2.24, 2.45) is 0 Å². The first kappa shape index (κ1) is 15.4. The summed E-state index contributed by atoms with van der Waals surface area (Å²) in [6, 6.07) is 16.9. The topological polar surface area (TPSA) is 21.3 Å². The Morgan fingerprint density at radius 2 is 1.76 bits per heavy atom. The second-order valence-corrected chi connectivity index (χ2v) is 5.25. The maximum atomic E-state index is 5.67. The first-order valence-corrected chi connectivity index (χ1v) is 7.86. The summed E-state index contributed by atoms with van der Waals surface area (Å²) in [6.07, 6.45) is 3.34. The maximum Gasteiger partial charge on any atom is 0.119 e. The summed E-state index contributed by atoms with van der Waals surface area (Å²) >= 11 is 0. The Kier molecular flexibility index (Phi) is 6.14. The van der Waals surface area contributed by atoms with Crippen LogP contribution in [0, 0.1) is 0 Å². The predicted octanol–water partition coefficient (Wildman–Crippen LogP) is 5.04. The average Bonchev–Trinajstić information content (AvgIpc) is 2.54. The summed E-state index contributed by atoms with van der Waals surface area (Å²) in [5, 5.41) is 3.47. The van der Waals surface area contributed by atoms with Crippen molar-refractivity contribution in [1.29, 1.82) is 0 Å². The van der Waals surface area contributed by atoms with Gasteiger partial charge in [-0.2, -0.15) is 0 Å². The number of anilines is 1. The molecule has 0 saturated heterocycles. The molecule has 112 valence electrons. The molecular weight excluding hydrogens is 258 g/mol. The van der Waals surface area contributed by atoms with Gasteiger partial charge < -0.3 is 10.1 Å². The number of rotatable bonds is 8. The fourth-order valence-corrected chi connectivity index (χ4v) is 2.14. The lowest BCUT2D eigenvalue weighted by atomic mass is 10.1. The van der Waals surface area contributed by atoms with E-state index in [-0.39, 0.29) is 0 Å². The van der Waals surface area contributed by atoms with E-state index in [2.05, 4.69) is 67.7 Å². The average molecular weight is 283 g/mol. The van der Waals surface area contributed by atoms with Crippen LogP contribution < -0.4 is 10.1 Å². The van der Waals surface area contributed by atoms with Crippen LogP contribution in [0.15, 0.2) is 48.5 Å².